The maximum Gasteiger partial charge on any atom is 0.325 e. The highest BCUT2D eigenvalue weighted by molar-refractivity contribution is 5.97. The number of nitrogens with zero attached hydrogens (tertiary/aromatic N) is 1. The fourth-order valence-electron chi connectivity index (χ4n) is 1.64. The molecule has 0 unspecified atom stereocenters. The Morgan fingerprint density at radius 2 is 1.95 bits per heavy atom. The monoisotopic (exact) mass is 286 g/mol. The number of esters is 1. The zero-order valence-electron chi connectivity index (χ0n) is 11.3. The van der Waals surface area contributed by atoms with Gasteiger partial charge in [0.05, 0.1) is 18.4 Å². The molecule has 1 aromatic rings. The standard InChI is InChI=1S/C13H16F2N2O3/c1-3-4-17(7-12(18)20-2)13(19)8-5-11(16)10(15)6-9(8)14/h5-6H,3-4,7,16H2,1-2H3. The van der Waals surface area contributed by atoms with E-state index in [1.165, 1.54) is 7.11 Å². The van der Waals surface area contributed by atoms with Crippen LogP contribution in [0.3, 0.4) is 0 Å². The first-order chi connectivity index (χ1) is 9.40. The Kier molecular flexibility index (Phi) is 5.42. The molecule has 0 aliphatic rings. The Bertz CT molecular complexity index is 521. The first-order valence-electron chi connectivity index (χ1n) is 6.01. The molecule has 1 rings (SSSR count). The van der Waals surface area contributed by atoms with Gasteiger partial charge in [0.15, 0.2) is 0 Å². The van der Waals surface area contributed by atoms with Crippen LogP contribution in [-0.2, 0) is 9.53 Å². The average molecular weight is 286 g/mol. The summed E-state index contributed by atoms with van der Waals surface area (Å²) in [6.07, 6.45) is 0.570. The SMILES string of the molecule is CCCN(CC(=O)OC)C(=O)c1cc(N)c(F)cc1F. The van der Waals surface area contributed by atoms with Gasteiger partial charge in [-0.2, -0.15) is 0 Å². The molecule has 2 N–H and O–H groups in total. The number of hydrogen-bond acceptors (Lipinski definition) is 4. The van der Waals surface area contributed by atoms with E-state index in [9.17, 15) is 18.4 Å². The van der Waals surface area contributed by atoms with Crippen molar-refractivity contribution >= 4 is 17.6 Å². The van der Waals surface area contributed by atoms with Gasteiger partial charge < -0.3 is 15.4 Å². The number of benzene rings is 1. The number of hydrogen-bond donors (Lipinski definition) is 1. The molecule has 0 radical (unpaired) electrons. The van der Waals surface area contributed by atoms with Crippen molar-refractivity contribution in [2.24, 2.45) is 0 Å². The van der Waals surface area contributed by atoms with Gasteiger partial charge in [0, 0.05) is 12.6 Å². The number of carbonyl (C=O) groups excluding carboxylic acids is 2. The Morgan fingerprint density at radius 1 is 1.30 bits per heavy atom. The molecule has 5 nitrogen and oxygen atoms in total. The maximum absolute atomic E-state index is 13.6. The van der Waals surface area contributed by atoms with Crippen molar-refractivity contribution in [2.75, 3.05) is 25.9 Å². The lowest BCUT2D eigenvalue weighted by Crippen LogP contribution is -2.37. The van der Waals surface area contributed by atoms with Crippen LogP contribution in [0.4, 0.5) is 14.5 Å². The Balaban J connectivity index is 3.05. The van der Waals surface area contributed by atoms with Crippen LogP contribution < -0.4 is 5.73 Å². The first-order valence-corrected chi connectivity index (χ1v) is 6.01. The van der Waals surface area contributed by atoms with E-state index in [0.717, 1.165) is 11.0 Å². The highest BCUT2D eigenvalue weighted by Crippen LogP contribution is 2.18. The summed E-state index contributed by atoms with van der Waals surface area (Å²) >= 11 is 0. The topological polar surface area (TPSA) is 72.6 Å². The third kappa shape index (κ3) is 3.66. The molecule has 0 saturated heterocycles. The number of ether oxygens (including phenoxy) is 1. The van der Waals surface area contributed by atoms with Gasteiger partial charge in [-0.25, -0.2) is 8.78 Å². The van der Waals surface area contributed by atoms with Crippen LogP contribution in [0.2, 0.25) is 0 Å². The highest BCUT2D eigenvalue weighted by atomic mass is 19.1. The molecule has 0 spiro atoms. The number of amides is 1. The van der Waals surface area contributed by atoms with Crippen molar-refractivity contribution in [3.63, 3.8) is 0 Å². The molecular formula is C13H16F2N2O3. The van der Waals surface area contributed by atoms with Crippen LogP contribution in [-0.4, -0.2) is 37.0 Å². The van der Waals surface area contributed by atoms with E-state index in [4.69, 9.17) is 5.73 Å². The molecule has 0 aliphatic heterocycles. The van der Waals surface area contributed by atoms with Gasteiger partial charge in [-0.1, -0.05) is 6.92 Å². The van der Waals surface area contributed by atoms with Crippen LogP contribution >= 0.6 is 0 Å². The predicted octanol–water partition coefficient (Wildman–Crippen LogP) is 1.57. The zero-order valence-corrected chi connectivity index (χ0v) is 11.3. The fraction of sp³-hybridized carbons (Fsp3) is 0.385. The van der Waals surface area contributed by atoms with E-state index in [1.54, 1.807) is 6.92 Å². The van der Waals surface area contributed by atoms with E-state index in [2.05, 4.69) is 4.74 Å². The largest absolute Gasteiger partial charge is 0.468 e. The summed E-state index contributed by atoms with van der Waals surface area (Å²) < 4.78 is 31.2. The van der Waals surface area contributed by atoms with Crippen LogP contribution in [0.1, 0.15) is 23.7 Å². The third-order valence-corrected chi connectivity index (χ3v) is 2.65. The number of carbonyl (C=O) groups is 2. The lowest BCUT2D eigenvalue weighted by Gasteiger charge is -2.21. The minimum Gasteiger partial charge on any atom is -0.468 e. The summed E-state index contributed by atoms with van der Waals surface area (Å²) in [5.41, 5.74) is 4.62. The molecule has 0 atom stereocenters. The van der Waals surface area contributed by atoms with Crippen LogP contribution in [0.25, 0.3) is 0 Å². The Labute approximate surface area is 115 Å². The molecule has 0 saturated carbocycles. The van der Waals surface area contributed by atoms with Crippen molar-refractivity contribution < 1.29 is 23.1 Å². The Hall–Kier alpha value is -2.18. The molecule has 7 heteroatoms. The average Bonchev–Trinajstić information content (AvgIpc) is 2.41. The van der Waals surface area contributed by atoms with E-state index in [0.29, 0.717) is 12.5 Å². The maximum atomic E-state index is 13.6. The van der Waals surface area contributed by atoms with Crippen LogP contribution in [0.5, 0.6) is 0 Å². The summed E-state index contributed by atoms with van der Waals surface area (Å²) in [6, 6.07) is 1.47. The van der Waals surface area contributed by atoms with E-state index in [1.807, 2.05) is 0 Å². The number of anilines is 1. The lowest BCUT2D eigenvalue weighted by atomic mass is 10.1. The van der Waals surface area contributed by atoms with Gasteiger partial charge in [0.1, 0.15) is 18.2 Å². The van der Waals surface area contributed by atoms with Gasteiger partial charge in [-0.05, 0) is 12.5 Å². The van der Waals surface area contributed by atoms with Gasteiger partial charge in [0.25, 0.3) is 5.91 Å². The van der Waals surface area contributed by atoms with Crippen LogP contribution in [0, 0.1) is 11.6 Å². The molecule has 0 aliphatic carbocycles. The number of nitrogens with two attached hydrogens (primary N) is 1. The molecular weight excluding hydrogens is 270 g/mol. The fourth-order valence-corrected chi connectivity index (χ4v) is 1.64. The minimum absolute atomic E-state index is 0.241. The number of nitrogen functional groups attached to an aromatic ring is 1. The van der Waals surface area contributed by atoms with Crippen molar-refractivity contribution in [1.29, 1.82) is 0 Å². The van der Waals surface area contributed by atoms with Gasteiger partial charge in [-0.3, -0.25) is 9.59 Å². The van der Waals surface area contributed by atoms with Crippen molar-refractivity contribution in [2.45, 2.75) is 13.3 Å². The number of rotatable bonds is 5. The molecule has 0 bridgehead atoms. The van der Waals surface area contributed by atoms with Gasteiger partial charge in [0.2, 0.25) is 0 Å². The number of methoxy groups -OCH3 is 1. The summed E-state index contributed by atoms with van der Waals surface area (Å²) in [5, 5.41) is 0. The second-order valence-electron chi connectivity index (χ2n) is 4.16. The molecule has 0 fully saturated rings. The van der Waals surface area contributed by atoms with Crippen molar-refractivity contribution in [3.05, 3.63) is 29.3 Å². The van der Waals surface area contributed by atoms with Gasteiger partial charge in [-0.15, -0.1) is 0 Å². The van der Waals surface area contributed by atoms with Crippen LogP contribution in [0.15, 0.2) is 12.1 Å². The summed E-state index contributed by atoms with van der Waals surface area (Å²) in [6.45, 7) is 1.73. The summed E-state index contributed by atoms with van der Waals surface area (Å²) in [7, 11) is 1.19. The third-order valence-electron chi connectivity index (χ3n) is 2.65. The first kappa shape index (κ1) is 15.9. The van der Waals surface area contributed by atoms with Crippen molar-refractivity contribution in [1.82, 2.24) is 4.90 Å². The predicted molar refractivity (Wildman–Crippen MR) is 69.0 cm³/mol. The molecule has 20 heavy (non-hydrogen) atoms. The van der Waals surface area contributed by atoms with E-state index < -0.39 is 23.5 Å². The quantitative estimate of drug-likeness (QED) is 0.658. The van der Waals surface area contributed by atoms with Gasteiger partial charge >= 0.3 is 5.97 Å². The summed E-state index contributed by atoms with van der Waals surface area (Å²) in [5.74, 6) is -3.31. The summed E-state index contributed by atoms with van der Waals surface area (Å²) in [4.78, 5) is 24.5. The lowest BCUT2D eigenvalue weighted by molar-refractivity contribution is -0.141. The van der Waals surface area contributed by atoms with E-state index in [-0.39, 0.29) is 24.3 Å². The highest BCUT2D eigenvalue weighted by Gasteiger charge is 2.22. The van der Waals surface area contributed by atoms with E-state index >= 15 is 0 Å². The molecule has 0 aromatic heterocycles. The minimum atomic E-state index is -1.02. The Morgan fingerprint density at radius 3 is 2.50 bits per heavy atom. The zero-order chi connectivity index (χ0) is 15.3. The smallest absolute Gasteiger partial charge is 0.325 e. The van der Waals surface area contributed by atoms with Crippen molar-refractivity contribution in [3.8, 4) is 0 Å². The second-order valence-corrected chi connectivity index (χ2v) is 4.16. The second kappa shape index (κ2) is 6.83. The number of halogens is 2. The molecule has 110 valence electrons. The molecule has 0 heterocycles. The normalized spacial score (nSPS) is 10.2. The molecule has 1 amide bonds. The molecule has 1 aromatic carbocycles.